The SMILES string of the molecule is C[C@H]1CC[C@H](C)N(C[C@@H](C)COC(C)(C)C)C1. The molecule has 0 unspecified atom stereocenters. The monoisotopic (exact) mass is 241 g/mol. The number of ether oxygens (including phenoxy) is 1. The third kappa shape index (κ3) is 5.87. The van der Waals surface area contributed by atoms with E-state index in [2.05, 4.69) is 46.4 Å². The minimum atomic E-state index is -0.00489. The van der Waals surface area contributed by atoms with Crippen molar-refractivity contribution in [3.05, 3.63) is 0 Å². The average Bonchev–Trinajstić information content (AvgIpc) is 2.20. The first-order valence-electron chi connectivity index (χ1n) is 7.16. The van der Waals surface area contributed by atoms with E-state index in [4.69, 9.17) is 4.74 Å². The minimum Gasteiger partial charge on any atom is -0.376 e. The van der Waals surface area contributed by atoms with E-state index in [0.717, 1.165) is 18.6 Å². The van der Waals surface area contributed by atoms with Gasteiger partial charge in [0.1, 0.15) is 0 Å². The van der Waals surface area contributed by atoms with Crippen LogP contribution in [0.5, 0.6) is 0 Å². The fraction of sp³-hybridized carbons (Fsp3) is 1.00. The van der Waals surface area contributed by atoms with Crippen molar-refractivity contribution in [2.24, 2.45) is 11.8 Å². The third-order valence-corrected chi connectivity index (χ3v) is 3.59. The zero-order chi connectivity index (χ0) is 13.1. The van der Waals surface area contributed by atoms with Crippen molar-refractivity contribution in [3.8, 4) is 0 Å². The molecule has 0 spiro atoms. The Morgan fingerprint density at radius 2 is 1.88 bits per heavy atom. The number of piperidine rings is 1. The first-order chi connectivity index (χ1) is 7.78. The first kappa shape index (κ1) is 15.0. The van der Waals surface area contributed by atoms with Gasteiger partial charge in [0.05, 0.1) is 12.2 Å². The quantitative estimate of drug-likeness (QED) is 0.746. The summed E-state index contributed by atoms with van der Waals surface area (Å²) in [6.45, 7) is 16.8. The number of hydrogen-bond donors (Lipinski definition) is 0. The van der Waals surface area contributed by atoms with E-state index in [1.165, 1.54) is 25.9 Å². The maximum absolute atomic E-state index is 5.87. The lowest BCUT2D eigenvalue weighted by Crippen LogP contribution is -2.44. The molecule has 1 rings (SSSR count). The molecule has 0 aromatic rings. The number of hydrogen-bond acceptors (Lipinski definition) is 2. The van der Waals surface area contributed by atoms with E-state index < -0.39 is 0 Å². The summed E-state index contributed by atoms with van der Waals surface area (Å²) in [4.78, 5) is 2.64. The third-order valence-electron chi connectivity index (χ3n) is 3.59. The summed E-state index contributed by atoms with van der Waals surface area (Å²) in [5, 5.41) is 0. The van der Waals surface area contributed by atoms with Crippen LogP contribution < -0.4 is 0 Å². The van der Waals surface area contributed by atoms with Crippen molar-refractivity contribution < 1.29 is 4.74 Å². The van der Waals surface area contributed by atoms with E-state index in [-0.39, 0.29) is 5.60 Å². The molecular weight excluding hydrogens is 210 g/mol. The van der Waals surface area contributed by atoms with Crippen LogP contribution in [0.4, 0.5) is 0 Å². The smallest absolute Gasteiger partial charge is 0.0598 e. The Morgan fingerprint density at radius 1 is 1.24 bits per heavy atom. The normalized spacial score (nSPS) is 29.3. The maximum Gasteiger partial charge on any atom is 0.0598 e. The van der Waals surface area contributed by atoms with Gasteiger partial charge in [-0.2, -0.15) is 0 Å². The van der Waals surface area contributed by atoms with Gasteiger partial charge in [-0.05, 0) is 52.4 Å². The second kappa shape index (κ2) is 6.19. The molecule has 1 saturated heterocycles. The summed E-state index contributed by atoms with van der Waals surface area (Å²) in [5.74, 6) is 1.49. The van der Waals surface area contributed by atoms with Crippen molar-refractivity contribution in [2.75, 3.05) is 19.7 Å². The molecule has 0 aliphatic carbocycles. The van der Waals surface area contributed by atoms with Crippen LogP contribution in [0.2, 0.25) is 0 Å². The molecule has 0 aromatic carbocycles. The van der Waals surface area contributed by atoms with Gasteiger partial charge in [-0.25, -0.2) is 0 Å². The summed E-state index contributed by atoms with van der Waals surface area (Å²) < 4.78 is 5.87. The van der Waals surface area contributed by atoms with Crippen LogP contribution in [-0.4, -0.2) is 36.2 Å². The van der Waals surface area contributed by atoms with E-state index >= 15 is 0 Å². The van der Waals surface area contributed by atoms with Gasteiger partial charge < -0.3 is 9.64 Å². The Balaban J connectivity index is 2.31. The Kier molecular flexibility index (Phi) is 5.46. The summed E-state index contributed by atoms with van der Waals surface area (Å²) in [6.07, 6.45) is 2.75. The molecular formula is C15H31NO. The molecule has 1 heterocycles. The number of nitrogens with zero attached hydrogens (tertiary/aromatic N) is 1. The van der Waals surface area contributed by atoms with Crippen molar-refractivity contribution in [1.82, 2.24) is 4.90 Å². The molecule has 0 saturated carbocycles. The van der Waals surface area contributed by atoms with Crippen molar-refractivity contribution in [3.63, 3.8) is 0 Å². The molecule has 2 nitrogen and oxygen atoms in total. The largest absolute Gasteiger partial charge is 0.376 e. The van der Waals surface area contributed by atoms with Gasteiger partial charge in [-0.1, -0.05) is 13.8 Å². The van der Waals surface area contributed by atoms with Gasteiger partial charge >= 0.3 is 0 Å². The van der Waals surface area contributed by atoms with Crippen LogP contribution in [0, 0.1) is 11.8 Å². The summed E-state index contributed by atoms with van der Waals surface area (Å²) in [7, 11) is 0. The lowest BCUT2D eigenvalue weighted by molar-refractivity contribution is -0.0288. The van der Waals surface area contributed by atoms with Crippen molar-refractivity contribution in [2.45, 2.75) is 66.0 Å². The fourth-order valence-electron chi connectivity index (χ4n) is 2.48. The topological polar surface area (TPSA) is 12.5 Å². The predicted molar refractivity (Wildman–Crippen MR) is 74.3 cm³/mol. The highest BCUT2D eigenvalue weighted by Crippen LogP contribution is 2.22. The minimum absolute atomic E-state index is 0.00489. The Labute approximate surface area is 108 Å². The molecule has 17 heavy (non-hydrogen) atoms. The van der Waals surface area contributed by atoms with Crippen LogP contribution in [-0.2, 0) is 4.74 Å². The molecule has 1 aliphatic rings. The first-order valence-corrected chi connectivity index (χ1v) is 7.16. The maximum atomic E-state index is 5.87. The van der Waals surface area contributed by atoms with Gasteiger partial charge in [0, 0.05) is 19.1 Å². The van der Waals surface area contributed by atoms with Crippen LogP contribution in [0.1, 0.15) is 54.4 Å². The molecule has 2 heteroatoms. The molecule has 0 radical (unpaired) electrons. The molecule has 0 bridgehead atoms. The highest BCUT2D eigenvalue weighted by Gasteiger charge is 2.24. The fourth-order valence-corrected chi connectivity index (χ4v) is 2.48. The summed E-state index contributed by atoms with van der Waals surface area (Å²) in [6, 6.07) is 0.753. The Bertz CT molecular complexity index is 221. The van der Waals surface area contributed by atoms with Crippen LogP contribution in [0.15, 0.2) is 0 Å². The van der Waals surface area contributed by atoms with E-state index in [9.17, 15) is 0 Å². The van der Waals surface area contributed by atoms with E-state index in [1.807, 2.05) is 0 Å². The average molecular weight is 241 g/mol. The zero-order valence-electron chi connectivity index (χ0n) is 12.6. The molecule has 3 atom stereocenters. The van der Waals surface area contributed by atoms with Gasteiger partial charge in [-0.3, -0.25) is 0 Å². The van der Waals surface area contributed by atoms with Gasteiger partial charge in [-0.15, -0.1) is 0 Å². The van der Waals surface area contributed by atoms with Crippen LogP contribution in [0.3, 0.4) is 0 Å². The molecule has 0 N–H and O–H groups in total. The summed E-state index contributed by atoms with van der Waals surface area (Å²) in [5.41, 5.74) is -0.00489. The van der Waals surface area contributed by atoms with Crippen molar-refractivity contribution in [1.29, 1.82) is 0 Å². The van der Waals surface area contributed by atoms with E-state index in [1.54, 1.807) is 0 Å². The molecule has 1 aliphatic heterocycles. The molecule has 1 fully saturated rings. The number of rotatable bonds is 4. The van der Waals surface area contributed by atoms with Gasteiger partial charge in [0.15, 0.2) is 0 Å². The van der Waals surface area contributed by atoms with Gasteiger partial charge in [0.25, 0.3) is 0 Å². The van der Waals surface area contributed by atoms with Crippen LogP contribution >= 0.6 is 0 Å². The zero-order valence-corrected chi connectivity index (χ0v) is 12.6. The molecule has 102 valence electrons. The Hall–Kier alpha value is -0.0800. The van der Waals surface area contributed by atoms with Crippen LogP contribution in [0.25, 0.3) is 0 Å². The lowest BCUT2D eigenvalue weighted by atomic mass is 9.94. The highest BCUT2D eigenvalue weighted by molar-refractivity contribution is 4.78. The molecule has 0 aromatic heterocycles. The second-order valence-corrected chi connectivity index (χ2v) is 7.01. The second-order valence-electron chi connectivity index (χ2n) is 7.01. The predicted octanol–water partition coefficient (Wildman–Crippen LogP) is 3.56. The lowest BCUT2D eigenvalue weighted by Gasteiger charge is -2.38. The molecule has 0 amide bonds. The Morgan fingerprint density at radius 3 is 2.47 bits per heavy atom. The highest BCUT2D eigenvalue weighted by atomic mass is 16.5. The van der Waals surface area contributed by atoms with Gasteiger partial charge in [0.2, 0.25) is 0 Å². The number of likely N-dealkylation sites (tertiary alicyclic amines) is 1. The van der Waals surface area contributed by atoms with Crippen molar-refractivity contribution >= 4 is 0 Å². The standard InChI is InChI=1S/C15H31NO/c1-12-7-8-14(3)16(9-12)10-13(2)11-17-15(4,5)6/h12-14H,7-11H2,1-6H3/t12-,13+,14-/m0/s1. The van der Waals surface area contributed by atoms with E-state index in [0.29, 0.717) is 5.92 Å². The summed E-state index contributed by atoms with van der Waals surface area (Å²) >= 11 is 0.